The second kappa shape index (κ2) is 6.20. The Bertz CT molecular complexity index is 921. The topological polar surface area (TPSA) is 64.0 Å². The summed E-state index contributed by atoms with van der Waals surface area (Å²) in [6.07, 6.45) is 1.57. The van der Waals surface area contributed by atoms with E-state index in [0.29, 0.717) is 6.42 Å². The molecule has 1 aromatic carbocycles. The van der Waals surface area contributed by atoms with Crippen molar-refractivity contribution in [3.05, 3.63) is 41.1 Å². The first kappa shape index (κ1) is 17.7. The lowest BCUT2D eigenvalue weighted by molar-refractivity contribution is 0.469. The van der Waals surface area contributed by atoms with E-state index in [1.54, 1.807) is 0 Å². The van der Waals surface area contributed by atoms with Crippen LogP contribution >= 0.6 is 0 Å². The second-order valence-corrected chi connectivity index (χ2v) is 10.8. The zero-order valence-corrected chi connectivity index (χ0v) is 16.6. The van der Waals surface area contributed by atoms with Crippen LogP contribution < -0.4 is 5.32 Å². The zero-order chi connectivity index (χ0) is 18.5. The van der Waals surface area contributed by atoms with Gasteiger partial charge in [0.2, 0.25) is 0 Å². The highest BCUT2D eigenvalue weighted by molar-refractivity contribution is 7.91. The van der Waals surface area contributed by atoms with Gasteiger partial charge in [-0.15, -0.1) is 0 Å². The number of hydrogen-bond donors (Lipinski definition) is 1. The first-order chi connectivity index (χ1) is 12.2. The fraction of sp³-hybridized carbons (Fsp3) is 0.550. The van der Waals surface area contributed by atoms with Crippen molar-refractivity contribution < 1.29 is 8.42 Å². The van der Waals surface area contributed by atoms with Crippen molar-refractivity contribution in [2.75, 3.05) is 18.1 Å². The highest BCUT2D eigenvalue weighted by Crippen LogP contribution is 2.34. The fourth-order valence-corrected chi connectivity index (χ4v) is 5.70. The SMILES string of the molecule is CC(C)(C)c1ccc(-c2nn(C3CCS(=O)(=O)C3)c3c2CNCC3)cc1. The van der Waals surface area contributed by atoms with Crippen molar-refractivity contribution in [3.8, 4) is 11.3 Å². The van der Waals surface area contributed by atoms with Crippen LogP contribution in [0.2, 0.25) is 0 Å². The predicted octanol–water partition coefficient (Wildman–Crippen LogP) is 2.85. The van der Waals surface area contributed by atoms with E-state index in [-0.39, 0.29) is 23.0 Å². The van der Waals surface area contributed by atoms with E-state index < -0.39 is 9.84 Å². The maximum Gasteiger partial charge on any atom is 0.152 e. The largest absolute Gasteiger partial charge is 0.312 e. The van der Waals surface area contributed by atoms with E-state index in [4.69, 9.17) is 5.10 Å². The first-order valence-electron chi connectivity index (χ1n) is 9.37. The van der Waals surface area contributed by atoms with Gasteiger partial charge in [-0.1, -0.05) is 45.0 Å². The molecular weight excluding hydrogens is 346 g/mol. The van der Waals surface area contributed by atoms with Crippen LogP contribution in [0, 0.1) is 0 Å². The molecule has 6 heteroatoms. The van der Waals surface area contributed by atoms with Crippen LogP contribution in [0.5, 0.6) is 0 Å². The molecule has 1 aromatic heterocycles. The number of fused-ring (bicyclic) bond motifs is 1. The number of nitrogens with one attached hydrogen (secondary N) is 1. The average Bonchev–Trinajstić information content (AvgIpc) is 3.14. The number of hydrogen-bond acceptors (Lipinski definition) is 4. The maximum absolute atomic E-state index is 11.9. The van der Waals surface area contributed by atoms with Crippen molar-refractivity contribution in [3.63, 3.8) is 0 Å². The molecule has 26 heavy (non-hydrogen) atoms. The van der Waals surface area contributed by atoms with Crippen LogP contribution in [0.1, 0.15) is 50.1 Å². The Balaban J connectivity index is 1.75. The number of benzene rings is 1. The molecule has 4 rings (SSSR count). The van der Waals surface area contributed by atoms with Gasteiger partial charge in [-0.05, 0) is 17.4 Å². The van der Waals surface area contributed by atoms with E-state index in [0.717, 1.165) is 30.8 Å². The minimum absolute atomic E-state index is 0.0190. The van der Waals surface area contributed by atoms with Gasteiger partial charge in [0.1, 0.15) is 0 Å². The standard InChI is InChI=1S/C20H27N3O2S/c1-20(2,3)15-6-4-14(5-7-15)19-17-12-21-10-8-18(17)23(22-19)16-9-11-26(24,25)13-16/h4-7,16,21H,8-13H2,1-3H3. The molecule has 0 amide bonds. The lowest BCUT2D eigenvalue weighted by Crippen LogP contribution is -2.26. The summed E-state index contributed by atoms with van der Waals surface area (Å²) in [6, 6.07) is 8.63. The van der Waals surface area contributed by atoms with E-state index in [1.165, 1.54) is 16.8 Å². The fourth-order valence-electron chi connectivity index (χ4n) is 4.01. The third-order valence-corrected chi connectivity index (χ3v) is 7.29. The van der Waals surface area contributed by atoms with Gasteiger partial charge in [0, 0.05) is 36.3 Å². The van der Waals surface area contributed by atoms with Gasteiger partial charge in [-0.2, -0.15) is 5.10 Å². The molecule has 0 spiro atoms. The normalized spacial score (nSPS) is 22.3. The van der Waals surface area contributed by atoms with Crippen LogP contribution in [0.4, 0.5) is 0 Å². The van der Waals surface area contributed by atoms with Crippen molar-refractivity contribution in [1.82, 2.24) is 15.1 Å². The molecule has 1 atom stereocenters. The maximum atomic E-state index is 11.9. The number of rotatable bonds is 2. The molecule has 140 valence electrons. The molecule has 1 unspecified atom stereocenters. The summed E-state index contributed by atoms with van der Waals surface area (Å²) in [4.78, 5) is 0. The lowest BCUT2D eigenvalue weighted by atomic mass is 9.86. The van der Waals surface area contributed by atoms with Crippen LogP contribution in [0.25, 0.3) is 11.3 Å². The summed E-state index contributed by atoms with van der Waals surface area (Å²) in [5, 5.41) is 8.35. The predicted molar refractivity (Wildman–Crippen MR) is 104 cm³/mol. The molecule has 5 nitrogen and oxygen atoms in total. The molecule has 2 aromatic rings. The van der Waals surface area contributed by atoms with E-state index in [1.807, 2.05) is 4.68 Å². The van der Waals surface area contributed by atoms with Crippen molar-refractivity contribution >= 4 is 9.84 Å². The Morgan fingerprint density at radius 1 is 1.19 bits per heavy atom. The van der Waals surface area contributed by atoms with Crippen molar-refractivity contribution in [2.24, 2.45) is 0 Å². The molecule has 2 aliphatic heterocycles. The zero-order valence-electron chi connectivity index (χ0n) is 15.7. The molecule has 0 radical (unpaired) electrons. The van der Waals surface area contributed by atoms with Crippen LogP contribution in [-0.4, -0.2) is 36.2 Å². The monoisotopic (exact) mass is 373 g/mol. The van der Waals surface area contributed by atoms with Crippen molar-refractivity contribution in [2.45, 2.75) is 51.6 Å². The van der Waals surface area contributed by atoms with Gasteiger partial charge in [0.05, 0.1) is 23.2 Å². The Labute approximate surface area is 155 Å². The third kappa shape index (κ3) is 3.21. The molecule has 1 saturated heterocycles. The number of aromatic nitrogens is 2. The summed E-state index contributed by atoms with van der Waals surface area (Å²) in [7, 11) is -2.92. The second-order valence-electron chi connectivity index (χ2n) is 8.53. The third-order valence-electron chi connectivity index (χ3n) is 5.54. The molecule has 2 aliphatic rings. The minimum Gasteiger partial charge on any atom is -0.312 e. The first-order valence-corrected chi connectivity index (χ1v) is 11.2. The summed E-state index contributed by atoms with van der Waals surface area (Å²) in [6.45, 7) is 8.35. The molecule has 1 N–H and O–H groups in total. The lowest BCUT2D eigenvalue weighted by Gasteiger charge is -2.19. The highest BCUT2D eigenvalue weighted by atomic mass is 32.2. The Morgan fingerprint density at radius 2 is 1.92 bits per heavy atom. The highest BCUT2D eigenvalue weighted by Gasteiger charge is 2.33. The minimum atomic E-state index is -2.92. The van der Waals surface area contributed by atoms with Gasteiger partial charge >= 0.3 is 0 Å². The van der Waals surface area contributed by atoms with Gasteiger partial charge in [-0.25, -0.2) is 8.42 Å². The summed E-state index contributed by atoms with van der Waals surface area (Å²) in [5.74, 6) is 0.497. The molecule has 0 bridgehead atoms. The Kier molecular flexibility index (Phi) is 4.23. The molecule has 0 aliphatic carbocycles. The van der Waals surface area contributed by atoms with Crippen molar-refractivity contribution in [1.29, 1.82) is 0 Å². The molecule has 1 fully saturated rings. The molecule has 3 heterocycles. The molecule has 0 saturated carbocycles. The van der Waals surface area contributed by atoms with E-state index in [9.17, 15) is 8.42 Å². The average molecular weight is 374 g/mol. The van der Waals surface area contributed by atoms with Gasteiger partial charge in [0.25, 0.3) is 0 Å². The molecular formula is C20H27N3O2S. The Hall–Kier alpha value is -1.66. The van der Waals surface area contributed by atoms with Gasteiger partial charge in [0.15, 0.2) is 9.84 Å². The Morgan fingerprint density at radius 3 is 2.54 bits per heavy atom. The number of nitrogens with zero attached hydrogens (tertiary/aromatic N) is 2. The van der Waals surface area contributed by atoms with Gasteiger partial charge in [-0.3, -0.25) is 4.68 Å². The van der Waals surface area contributed by atoms with E-state index in [2.05, 4.69) is 50.4 Å². The van der Waals surface area contributed by atoms with Gasteiger partial charge < -0.3 is 5.32 Å². The quantitative estimate of drug-likeness (QED) is 0.879. The van der Waals surface area contributed by atoms with Crippen LogP contribution in [0.3, 0.4) is 0 Å². The van der Waals surface area contributed by atoms with Crippen LogP contribution in [0.15, 0.2) is 24.3 Å². The smallest absolute Gasteiger partial charge is 0.152 e. The summed E-state index contributed by atoms with van der Waals surface area (Å²) >= 11 is 0. The van der Waals surface area contributed by atoms with Crippen LogP contribution in [-0.2, 0) is 28.2 Å². The number of sulfone groups is 1. The summed E-state index contributed by atoms with van der Waals surface area (Å²) < 4.78 is 25.9. The summed E-state index contributed by atoms with van der Waals surface area (Å²) in [5.41, 5.74) is 5.96. The van der Waals surface area contributed by atoms with E-state index >= 15 is 0 Å².